The number of carbonyl (C=O) groups excluding carboxylic acids is 1. The van der Waals surface area contributed by atoms with Crippen LogP contribution in [-0.2, 0) is 0 Å². The Morgan fingerprint density at radius 3 is 2.72 bits per heavy atom. The smallest absolute Gasteiger partial charge is 0.251 e. The number of hydrogen-bond acceptors (Lipinski definition) is 4. The van der Waals surface area contributed by atoms with Crippen LogP contribution in [0, 0.1) is 6.92 Å². The number of benzene rings is 2. The van der Waals surface area contributed by atoms with Gasteiger partial charge in [-0.05, 0) is 63.2 Å². The molecule has 4 rings (SSSR count). The third-order valence-corrected chi connectivity index (χ3v) is 5.41. The van der Waals surface area contributed by atoms with Crippen LogP contribution in [0.4, 0.5) is 11.4 Å². The average molecular weight is 389 g/mol. The largest absolute Gasteiger partial charge is 0.355 e. The molecule has 1 amide bonds. The number of piperidine rings is 1. The zero-order chi connectivity index (χ0) is 20.1. The van der Waals surface area contributed by atoms with Gasteiger partial charge in [0.25, 0.3) is 5.91 Å². The molecule has 3 aromatic rings. The van der Waals surface area contributed by atoms with Crippen molar-refractivity contribution in [1.82, 2.24) is 15.2 Å². The van der Waals surface area contributed by atoms with E-state index in [4.69, 9.17) is 0 Å². The minimum Gasteiger partial charge on any atom is -0.355 e. The topological polar surface area (TPSA) is 57.3 Å². The predicted molar refractivity (Wildman–Crippen MR) is 119 cm³/mol. The minimum absolute atomic E-state index is 0.0265. The first-order chi connectivity index (χ1) is 14.2. The van der Waals surface area contributed by atoms with E-state index in [2.05, 4.69) is 26.6 Å². The van der Waals surface area contributed by atoms with Crippen LogP contribution in [0.1, 0.15) is 35.3 Å². The molecule has 0 atom stereocenters. The Hall–Kier alpha value is -2.92. The lowest BCUT2D eigenvalue weighted by atomic mass is 10.1. The maximum absolute atomic E-state index is 12.6. The molecule has 1 aromatic heterocycles. The lowest BCUT2D eigenvalue weighted by Gasteiger charge is -2.26. The minimum atomic E-state index is -0.0265. The van der Waals surface area contributed by atoms with Gasteiger partial charge >= 0.3 is 0 Å². The van der Waals surface area contributed by atoms with Crippen molar-refractivity contribution >= 4 is 28.2 Å². The molecule has 1 saturated heterocycles. The Morgan fingerprint density at radius 1 is 1.03 bits per heavy atom. The molecule has 2 aromatic carbocycles. The van der Waals surface area contributed by atoms with Gasteiger partial charge in [-0.1, -0.05) is 30.7 Å². The maximum Gasteiger partial charge on any atom is 0.251 e. The predicted octanol–water partition coefficient (Wildman–Crippen LogP) is 4.50. The molecule has 1 aliphatic rings. The molecule has 0 radical (unpaired) electrons. The number of nitrogens with zero attached hydrogens (tertiary/aromatic N) is 2. The molecule has 29 heavy (non-hydrogen) atoms. The molecule has 0 spiro atoms. The van der Waals surface area contributed by atoms with E-state index in [1.54, 1.807) is 0 Å². The number of hydrogen-bond donors (Lipinski definition) is 2. The molecular formula is C24H28N4O. The van der Waals surface area contributed by atoms with Crippen LogP contribution in [0.15, 0.2) is 54.6 Å². The van der Waals surface area contributed by atoms with Crippen LogP contribution in [0.3, 0.4) is 0 Å². The van der Waals surface area contributed by atoms with Gasteiger partial charge in [0, 0.05) is 41.1 Å². The number of amides is 1. The highest BCUT2D eigenvalue weighted by molar-refractivity contribution is 5.96. The molecule has 150 valence electrons. The lowest BCUT2D eigenvalue weighted by molar-refractivity contribution is 0.0946. The number of aromatic nitrogens is 1. The Balaban J connectivity index is 1.43. The quantitative estimate of drug-likeness (QED) is 0.653. The highest BCUT2D eigenvalue weighted by Crippen LogP contribution is 2.26. The normalized spacial score (nSPS) is 14.7. The fourth-order valence-corrected chi connectivity index (χ4v) is 3.92. The van der Waals surface area contributed by atoms with Gasteiger partial charge in [-0.25, -0.2) is 0 Å². The third-order valence-electron chi connectivity index (χ3n) is 5.41. The van der Waals surface area contributed by atoms with Crippen LogP contribution >= 0.6 is 0 Å². The summed E-state index contributed by atoms with van der Waals surface area (Å²) in [6.07, 6.45) is 3.87. The Bertz CT molecular complexity index is 995. The van der Waals surface area contributed by atoms with Crippen LogP contribution in [-0.4, -0.2) is 42.0 Å². The van der Waals surface area contributed by atoms with Gasteiger partial charge < -0.3 is 15.5 Å². The zero-order valence-electron chi connectivity index (χ0n) is 16.9. The second-order valence-corrected chi connectivity index (χ2v) is 7.69. The highest BCUT2D eigenvalue weighted by Gasteiger charge is 2.11. The second-order valence-electron chi connectivity index (χ2n) is 7.69. The van der Waals surface area contributed by atoms with Gasteiger partial charge in [0.2, 0.25) is 0 Å². The fraction of sp³-hybridized carbons (Fsp3) is 0.333. The molecule has 0 aliphatic carbocycles. The number of rotatable bonds is 6. The third kappa shape index (κ3) is 4.93. The van der Waals surface area contributed by atoms with E-state index in [1.165, 1.54) is 19.3 Å². The van der Waals surface area contributed by atoms with Crippen LogP contribution in [0.5, 0.6) is 0 Å². The molecule has 0 bridgehead atoms. The molecule has 0 unspecified atom stereocenters. The Kier molecular flexibility index (Phi) is 6.06. The summed E-state index contributed by atoms with van der Waals surface area (Å²) in [6.45, 7) is 5.89. The number of para-hydroxylation sites is 1. The first kappa shape index (κ1) is 19.4. The summed E-state index contributed by atoms with van der Waals surface area (Å²) < 4.78 is 0. The first-order valence-electron chi connectivity index (χ1n) is 10.4. The molecule has 2 N–H and O–H groups in total. The standard InChI is InChI=1S/C24H28N4O/c1-18-16-23(21-10-3-4-11-22(21)26-18)27-20-9-7-8-19(17-20)24(29)25-12-15-28-13-5-2-6-14-28/h3-4,7-11,16-17H,2,5-6,12-15H2,1H3,(H,25,29)(H,26,27). The maximum atomic E-state index is 12.6. The van der Waals surface area contributed by atoms with E-state index in [0.717, 1.165) is 47.6 Å². The van der Waals surface area contributed by atoms with Gasteiger partial charge in [0.05, 0.1) is 5.52 Å². The van der Waals surface area contributed by atoms with E-state index in [1.807, 2.05) is 55.5 Å². The molecule has 5 heteroatoms. The van der Waals surface area contributed by atoms with Crippen LogP contribution in [0.2, 0.25) is 0 Å². The Labute approximate surface area is 172 Å². The van der Waals surface area contributed by atoms with E-state index in [0.29, 0.717) is 12.1 Å². The summed E-state index contributed by atoms with van der Waals surface area (Å²) in [5, 5.41) is 7.58. The second kappa shape index (κ2) is 9.05. The van der Waals surface area contributed by atoms with Crippen molar-refractivity contribution in [2.45, 2.75) is 26.2 Å². The van der Waals surface area contributed by atoms with Crippen molar-refractivity contribution in [2.75, 3.05) is 31.5 Å². The number of nitrogens with one attached hydrogen (secondary N) is 2. The zero-order valence-corrected chi connectivity index (χ0v) is 16.9. The van der Waals surface area contributed by atoms with Crippen molar-refractivity contribution in [3.8, 4) is 0 Å². The van der Waals surface area contributed by atoms with E-state index in [9.17, 15) is 4.79 Å². The lowest BCUT2D eigenvalue weighted by Crippen LogP contribution is -2.37. The molecule has 1 aliphatic heterocycles. The van der Waals surface area contributed by atoms with Crippen molar-refractivity contribution in [2.24, 2.45) is 0 Å². The molecule has 2 heterocycles. The van der Waals surface area contributed by atoms with E-state index >= 15 is 0 Å². The summed E-state index contributed by atoms with van der Waals surface area (Å²) in [5.41, 5.74) is 4.48. The summed E-state index contributed by atoms with van der Waals surface area (Å²) >= 11 is 0. The van der Waals surface area contributed by atoms with Gasteiger partial charge in [-0.2, -0.15) is 0 Å². The van der Waals surface area contributed by atoms with Gasteiger partial charge in [0.15, 0.2) is 0 Å². The summed E-state index contributed by atoms with van der Waals surface area (Å²) in [6, 6.07) is 17.8. The summed E-state index contributed by atoms with van der Waals surface area (Å²) in [4.78, 5) is 19.6. The molecular weight excluding hydrogens is 360 g/mol. The van der Waals surface area contributed by atoms with Gasteiger partial charge in [-0.15, -0.1) is 0 Å². The van der Waals surface area contributed by atoms with Gasteiger partial charge in [0.1, 0.15) is 0 Å². The summed E-state index contributed by atoms with van der Waals surface area (Å²) in [5.74, 6) is -0.0265. The first-order valence-corrected chi connectivity index (χ1v) is 10.4. The molecule has 1 fully saturated rings. The number of carbonyl (C=O) groups is 1. The average Bonchev–Trinajstić information content (AvgIpc) is 2.74. The fourth-order valence-electron chi connectivity index (χ4n) is 3.92. The van der Waals surface area contributed by atoms with Crippen molar-refractivity contribution < 1.29 is 4.79 Å². The van der Waals surface area contributed by atoms with Crippen LogP contribution in [0.25, 0.3) is 10.9 Å². The van der Waals surface area contributed by atoms with E-state index in [-0.39, 0.29) is 5.91 Å². The molecule has 5 nitrogen and oxygen atoms in total. The van der Waals surface area contributed by atoms with Crippen molar-refractivity contribution in [3.63, 3.8) is 0 Å². The van der Waals surface area contributed by atoms with Crippen molar-refractivity contribution in [3.05, 3.63) is 65.9 Å². The Morgan fingerprint density at radius 2 is 1.86 bits per heavy atom. The number of likely N-dealkylation sites (tertiary alicyclic amines) is 1. The van der Waals surface area contributed by atoms with Gasteiger partial charge in [-0.3, -0.25) is 9.78 Å². The van der Waals surface area contributed by atoms with Crippen LogP contribution < -0.4 is 10.6 Å². The summed E-state index contributed by atoms with van der Waals surface area (Å²) in [7, 11) is 0. The number of anilines is 2. The number of fused-ring (bicyclic) bond motifs is 1. The number of pyridine rings is 1. The molecule has 0 saturated carbocycles. The monoisotopic (exact) mass is 388 g/mol. The number of aryl methyl sites for hydroxylation is 1. The SMILES string of the molecule is Cc1cc(Nc2cccc(C(=O)NCCN3CCCCC3)c2)c2ccccc2n1. The van der Waals surface area contributed by atoms with Crippen molar-refractivity contribution in [1.29, 1.82) is 0 Å². The van der Waals surface area contributed by atoms with E-state index < -0.39 is 0 Å². The highest BCUT2D eigenvalue weighted by atomic mass is 16.1.